The number of hydrogen-bond donors (Lipinski definition) is 1. The lowest BCUT2D eigenvalue weighted by Gasteiger charge is -2.31. The summed E-state index contributed by atoms with van der Waals surface area (Å²) in [6.45, 7) is 6.22. The first-order valence-corrected chi connectivity index (χ1v) is 7.61. The molecule has 0 unspecified atom stereocenters. The number of para-hydroxylation sites is 1. The zero-order valence-electron chi connectivity index (χ0n) is 12.7. The van der Waals surface area contributed by atoms with Gasteiger partial charge in [-0.1, -0.05) is 18.2 Å². The second-order valence-corrected chi connectivity index (χ2v) is 5.79. The van der Waals surface area contributed by atoms with E-state index in [4.69, 9.17) is 4.42 Å². The first kappa shape index (κ1) is 14.1. The standard InChI is InChI=1S/C17H22N2O2/c1-12-16(15-5-3-4-6-17(15)21-12)11-18-14-7-9-19(10-8-14)13(2)20/h3-6,14,18H,7-11H2,1-2H3. The minimum atomic E-state index is 0.185. The predicted molar refractivity (Wildman–Crippen MR) is 83.1 cm³/mol. The summed E-state index contributed by atoms with van der Waals surface area (Å²) in [6, 6.07) is 8.65. The fourth-order valence-corrected chi connectivity index (χ4v) is 3.09. The van der Waals surface area contributed by atoms with Crippen LogP contribution < -0.4 is 5.32 Å². The highest BCUT2D eigenvalue weighted by molar-refractivity contribution is 5.82. The van der Waals surface area contributed by atoms with Crippen LogP contribution in [0.25, 0.3) is 11.0 Å². The summed E-state index contributed by atoms with van der Waals surface area (Å²) in [4.78, 5) is 13.3. The Balaban J connectivity index is 1.62. The average Bonchev–Trinajstić information content (AvgIpc) is 2.81. The number of nitrogens with one attached hydrogen (secondary N) is 1. The molecule has 1 saturated heterocycles. The number of fused-ring (bicyclic) bond motifs is 1. The second kappa shape index (κ2) is 5.90. The first-order chi connectivity index (χ1) is 10.1. The Labute approximate surface area is 125 Å². The van der Waals surface area contributed by atoms with Gasteiger partial charge in [0.15, 0.2) is 0 Å². The third-order valence-corrected chi connectivity index (χ3v) is 4.41. The lowest BCUT2D eigenvalue weighted by atomic mass is 10.0. The number of likely N-dealkylation sites (tertiary alicyclic amines) is 1. The lowest BCUT2D eigenvalue weighted by Crippen LogP contribution is -2.43. The van der Waals surface area contributed by atoms with Crippen molar-refractivity contribution in [2.75, 3.05) is 13.1 Å². The molecular formula is C17H22N2O2. The van der Waals surface area contributed by atoms with Crippen LogP contribution in [0.15, 0.2) is 28.7 Å². The largest absolute Gasteiger partial charge is 0.461 e. The quantitative estimate of drug-likeness (QED) is 0.943. The molecule has 1 aliphatic heterocycles. The van der Waals surface area contributed by atoms with Crippen molar-refractivity contribution in [3.8, 4) is 0 Å². The van der Waals surface area contributed by atoms with Gasteiger partial charge in [0, 0.05) is 43.5 Å². The fraction of sp³-hybridized carbons (Fsp3) is 0.471. The molecule has 0 bridgehead atoms. The number of furan rings is 1. The van der Waals surface area contributed by atoms with Crippen LogP contribution in [0.3, 0.4) is 0 Å². The molecule has 1 aromatic carbocycles. The highest BCUT2D eigenvalue weighted by Gasteiger charge is 2.21. The molecule has 1 aromatic heterocycles. The van der Waals surface area contributed by atoms with Crippen molar-refractivity contribution < 1.29 is 9.21 Å². The van der Waals surface area contributed by atoms with Gasteiger partial charge in [0.1, 0.15) is 11.3 Å². The van der Waals surface area contributed by atoms with Crippen LogP contribution in [-0.2, 0) is 11.3 Å². The SMILES string of the molecule is CC(=O)N1CCC(NCc2c(C)oc3ccccc23)CC1. The monoisotopic (exact) mass is 286 g/mol. The van der Waals surface area contributed by atoms with Gasteiger partial charge in [-0.25, -0.2) is 0 Å². The molecule has 1 amide bonds. The minimum absolute atomic E-state index is 0.185. The summed E-state index contributed by atoms with van der Waals surface area (Å²) in [5.41, 5.74) is 2.21. The van der Waals surface area contributed by atoms with Crippen molar-refractivity contribution in [3.05, 3.63) is 35.6 Å². The van der Waals surface area contributed by atoms with E-state index in [2.05, 4.69) is 11.4 Å². The molecule has 21 heavy (non-hydrogen) atoms. The van der Waals surface area contributed by atoms with Gasteiger partial charge in [-0.05, 0) is 25.8 Å². The summed E-state index contributed by atoms with van der Waals surface area (Å²) in [6.07, 6.45) is 2.04. The van der Waals surface area contributed by atoms with Crippen molar-refractivity contribution in [2.45, 2.75) is 39.3 Å². The van der Waals surface area contributed by atoms with Crippen LogP contribution in [0.1, 0.15) is 31.1 Å². The van der Waals surface area contributed by atoms with E-state index in [0.717, 1.165) is 43.8 Å². The van der Waals surface area contributed by atoms with Crippen molar-refractivity contribution in [1.82, 2.24) is 10.2 Å². The molecule has 0 aliphatic carbocycles. The van der Waals surface area contributed by atoms with Gasteiger partial charge in [-0.3, -0.25) is 4.79 Å². The normalized spacial score (nSPS) is 16.6. The Kier molecular flexibility index (Phi) is 3.97. The number of nitrogens with zero attached hydrogens (tertiary/aromatic N) is 1. The molecule has 4 nitrogen and oxygen atoms in total. The van der Waals surface area contributed by atoms with Crippen molar-refractivity contribution >= 4 is 16.9 Å². The molecule has 0 spiro atoms. The highest BCUT2D eigenvalue weighted by atomic mass is 16.3. The van der Waals surface area contributed by atoms with Gasteiger partial charge >= 0.3 is 0 Å². The smallest absolute Gasteiger partial charge is 0.219 e. The van der Waals surface area contributed by atoms with Gasteiger partial charge in [-0.15, -0.1) is 0 Å². The number of carbonyl (C=O) groups is 1. The zero-order chi connectivity index (χ0) is 14.8. The number of amides is 1. The summed E-state index contributed by atoms with van der Waals surface area (Å²) >= 11 is 0. The summed E-state index contributed by atoms with van der Waals surface area (Å²) in [7, 11) is 0. The number of carbonyl (C=O) groups excluding carboxylic acids is 1. The maximum atomic E-state index is 11.3. The van der Waals surface area contributed by atoms with Crippen molar-refractivity contribution in [3.63, 3.8) is 0 Å². The molecule has 4 heteroatoms. The molecule has 0 atom stereocenters. The molecule has 1 fully saturated rings. The Morgan fingerprint density at radius 2 is 2.05 bits per heavy atom. The lowest BCUT2D eigenvalue weighted by molar-refractivity contribution is -0.129. The molecular weight excluding hydrogens is 264 g/mol. The number of aryl methyl sites for hydroxylation is 1. The topological polar surface area (TPSA) is 45.5 Å². The number of rotatable bonds is 3. The summed E-state index contributed by atoms with van der Waals surface area (Å²) in [5, 5.41) is 4.82. The maximum Gasteiger partial charge on any atom is 0.219 e. The van der Waals surface area contributed by atoms with E-state index in [1.54, 1.807) is 6.92 Å². The van der Waals surface area contributed by atoms with Gasteiger partial charge in [-0.2, -0.15) is 0 Å². The maximum absolute atomic E-state index is 11.3. The van der Waals surface area contributed by atoms with Crippen LogP contribution in [-0.4, -0.2) is 29.9 Å². The minimum Gasteiger partial charge on any atom is -0.461 e. The molecule has 112 valence electrons. The molecule has 3 rings (SSSR count). The number of benzene rings is 1. The molecule has 2 heterocycles. The van der Waals surface area contributed by atoms with E-state index < -0.39 is 0 Å². The van der Waals surface area contributed by atoms with Crippen LogP contribution in [0.4, 0.5) is 0 Å². The Morgan fingerprint density at radius 1 is 1.33 bits per heavy atom. The summed E-state index contributed by atoms with van der Waals surface area (Å²) < 4.78 is 5.79. The van der Waals surface area contributed by atoms with E-state index >= 15 is 0 Å². The van der Waals surface area contributed by atoms with Crippen molar-refractivity contribution in [1.29, 1.82) is 0 Å². The van der Waals surface area contributed by atoms with Crippen LogP contribution in [0.2, 0.25) is 0 Å². The molecule has 0 radical (unpaired) electrons. The average molecular weight is 286 g/mol. The third kappa shape index (κ3) is 2.95. The molecule has 1 N–H and O–H groups in total. The second-order valence-electron chi connectivity index (χ2n) is 5.79. The predicted octanol–water partition coefficient (Wildman–Crippen LogP) is 2.84. The van der Waals surface area contributed by atoms with Gasteiger partial charge < -0.3 is 14.6 Å². The zero-order valence-corrected chi connectivity index (χ0v) is 12.7. The van der Waals surface area contributed by atoms with Gasteiger partial charge in [0.25, 0.3) is 0 Å². The van der Waals surface area contributed by atoms with Crippen molar-refractivity contribution in [2.24, 2.45) is 0 Å². The van der Waals surface area contributed by atoms with Gasteiger partial charge in [0.2, 0.25) is 5.91 Å². The Morgan fingerprint density at radius 3 is 2.76 bits per heavy atom. The van der Waals surface area contributed by atoms with Gasteiger partial charge in [0.05, 0.1) is 0 Å². The highest BCUT2D eigenvalue weighted by Crippen LogP contribution is 2.25. The molecule has 2 aromatic rings. The van der Waals surface area contributed by atoms with E-state index in [0.29, 0.717) is 6.04 Å². The number of hydrogen-bond acceptors (Lipinski definition) is 3. The molecule has 0 saturated carbocycles. The van der Waals surface area contributed by atoms with E-state index in [1.165, 1.54) is 10.9 Å². The van der Waals surface area contributed by atoms with E-state index in [9.17, 15) is 4.79 Å². The van der Waals surface area contributed by atoms with E-state index in [-0.39, 0.29) is 5.91 Å². The fourth-order valence-electron chi connectivity index (χ4n) is 3.09. The summed E-state index contributed by atoms with van der Waals surface area (Å²) in [5.74, 6) is 1.18. The van der Waals surface area contributed by atoms with Crippen LogP contribution in [0.5, 0.6) is 0 Å². The molecule has 1 aliphatic rings. The first-order valence-electron chi connectivity index (χ1n) is 7.61. The number of piperidine rings is 1. The van der Waals surface area contributed by atoms with Crippen LogP contribution in [0, 0.1) is 6.92 Å². The third-order valence-electron chi connectivity index (χ3n) is 4.41. The Bertz CT molecular complexity index is 639. The van der Waals surface area contributed by atoms with Crippen LogP contribution >= 0.6 is 0 Å². The Hall–Kier alpha value is -1.81. The van der Waals surface area contributed by atoms with E-state index in [1.807, 2.05) is 30.0 Å².